The summed E-state index contributed by atoms with van der Waals surface area (Å²) in [6.45, 7) is 0. The molecular weight excluding hydrogens is 266 g/mol. The fourth-order valence-corrected chi connectivity index (χ4v) is 3.46. The van der Waals surface area contributed by atoms with Crippen molar-refractivity contribution in [2.24, 2.45) is 0 Å². The molecular formula is C10H4ClNO2S2. The Morgan fingerprint density at radius 3 is 2.69 bits per heavy atom. The van der Waals surface area contributed by atoms with Gasteiger partial charge >= 0.3 is 0 Å². The van der Waals surface area contributed by atoms with E-state index in [0.717, 1.165) is 0 Å². The summed E-state index contributed by atoms with van der Waals surface area (Å²) in [5, 5.41) is 6.29. The number of aromatic nitrogens is 1. The predicted octanol–water partition coefficient (Wildman–Crippen LogP) is 2.82. The van der Waals surface area contributed by atoms with Crippen LogP contribution in [0, 0.1) is 0 Å². The molecule has 0 fully saturated rings. The molecule has 0 spiro atoms. The Hall–Kier alpha value is -1.17. The summed E-state index contributed by atoms with van der Waals surface area (Å²) in [6.07, 6.45) is 0. The van der Waals surface area contributed by atoms with Crippen LogP contribution in [0.1, 0.15) is 0 Å². The van der Waals surface area contributed by atoms with Crippen LogP contribution < -0.4 is 11.0 Å². The van der Waals surface area contributed by atoms with Crippen molar-refractivity contribution in [3.8, 4) is 0 Å². The molecule has 6 heteroatoms. The number of hydrogen-bond donors (Lipinski definition) is 1. The first kappa shape index (κ1) is 10.0. The van der Waals surface area contributed by atoms with E-state index in [1.54, 1.807) is 16.1 Å². The van der Waals surface area contributed by atoms with E-state index < -0.39 is 0 Å². The van der Waals surface area contributed by atoms with E-state index >= 15 is 0 Å². The molecule has 3 rings (SSSR count). The molecule has 0 aromatic carbocycles. The van der Waals surface area contributed by atoms with E-state index in [4.69, 9.17) is 11.6 Å². The standard InChI is InChI=1S/C10H4ClNO2S2/c11-9-7-6(3-16-9)12-10(14)5-2-15-1-4(5)8(7)13/h1-3H,(H,12,14). The molecule has 0 atom stereocenters. The van der Waals surface area contributed by atoms with Gasteiger partial charge in [0.05, 0.1) is 16.3 Å². The lowest BCUT2D eigenvalue weighted by atomic mass is 10.2. The highest BCUT2D eigenvalue weighted by molar-refractivity contribution is 7.16. The summed E-state index contributed by atoms with van der Waals surface area (Å²) >= 11 is 8.54. The third-order valence-electron chi connectivity index (χ3n) is 2.37. The van der Waals surface area contributed by atoms with Gasteiger partial charge in [-0.25, -0.2) is 0 Å². The Bertz CT molecular complexity index is 815. The normalized spacial score (nSPS) is 11.3. The van der Waals surface area contributed by atoms with Crippen molar-refractivity contribution in [3.05, 3.63) is 41.1 Å². The zero-order chi connectivity index (χ0) is 11.3. The Morgan fingerprint density at radius 2 is 1.88 bits per heavy atom. The molecule has 0 bridgehead atoms. The molecule has 0 amide bonds. The van der Waals surface area contributed by atoms with Gasteiger partial charge in [0.15, 0.2) is 5.43 Å². The van der Waals surface area contributed by atoms with Crippen LogP contribution in [0.2, 0.25) is 4.34 Å². The number of hydrogen-bond acceptors (Lipinski definition) is 4. The molecule has 0 unspecified atom stereocenters. The van der Waals surface area contributed by atoms with Crippen molar-refractivity contribution in [1.82, 2.24) is 4.98 Å². The maximum Gasteiger partial charge on any atom is 0.257 e. The van der Waals surface area contributed by atoms with Gasteiger partial charge in [0, 0.05) is 21.5 Å². The minimum Gasteiger partial charge on any atom is -0.320 e. The molecule has 3 nitrogen and oxygen atoms in total. The van der Waals surface area contributed by atoms with E-state index in [0.29, 0.717) is 26.0 Å². The molecule has 0 aliphatic rings. The number of nitrogens with one attached hydrogen (secondary N) is 1. The van der Waals surface area contributed by atoms with Crippen molar-refractivity contribution >= 4 is 55.9 Å². The first-order chi connectivity index (χ1) is 7.68. The van der Waals surface area contributed by atoms with Gasteiger partial charge in [0.25, 0.3) is 5.56 Å². The summed E-state index contributed by atoms with van der Waals surface area (Å²) in [5.41, 5.74) is 0.0693. The molecule has 3 aromatic rings. The summed E-state index contributed by atoms with van der Waals surface area (Å²) in [6, 6.07) is 0. The second kappa shape index (κ2) is 3.41. The maximum absolute atomic E-state index is 12.2. The minimum absolute atomic E-state index is 0.184. The van der Waals surface area contributed by atoms with Crippen LogP contribution in [0.15, 0.2) is 25.7 Å². The summed E-state index contributed by atoms with van der Waals surface area (Å²) in [4.78, 5) is 26.6. The highest BCUT2D eigenvalue weighted by Crippen LogP contribution is 2.26. The molecule has 0 saturated heterocycles. The number of H-pyrrole nitrogens is 1. The second-order valence-corrected chi connectivity index (χ2v) is 5.51. The lowest BCUT2D eigenvalue weighted by Gasteiger charge is -1.80. The van der Waals surface area contributed by atoms with Crippen molar-refractivity contribution in [2.75, 3.05) is 0 Å². The number of thiophene rings is 2. The van der Waals surface area contributed by atoms with Crippen LogP contribution >= 0.6 is 34.3 Å². The van der Waals surface area contributed by atoms with Gasteiger partial charge in [-0.15, -0.1) is 11.3 Å². The van der Waals surface area contributed by atoms with E-state index in [9.17, 15) is 9.59 Å². The Morgan fingerprint density at radius 1 is 1.12 bits per heavy atom. The SMILES string of the molecule is O=c1[nH]c2csc(Cl)c2c(=O)c2cscc12. The average Bonchev–Trinajstić information content (AvgIpc) is 2.82. The van der Waals surface area contributed by atoms with Crippen LogP contribution in [-0.4, -0.2) is 4.98 Å². The van der Waals surface area contributed by atoms with Crippen molar-refractivity contribution in [3.63, 3.8) is 0 Å². The number of rotatable bonds is 0. The molecule has 16 heavy (non-hydrogen) atoms. The minimum atomic E-state index is -0.252. The molecule has 0 radical (unpaired) electrons. The largest absolute Gasteiger partial charge is 0.320 e. The van der Waals surface area contributed by atoms with Gasteiger partial charge in [-0.3, -0.25) is 9.59 Å². The van der Waals surface area contributed by atoms with Crippen molar-refractivity contribution in [1.29, 1.82) is 0 Å². The molecule has 1 N–H and O–H groups in total. The third-order valence-corrected chi connectivity index (χ3v) is 4.34. The fraction of sp³-hybridized carbons (Fsp3) is 0. The summed E-state index contributed by atoms with van der Waals surface area (Å²) in [7, 11) is 0. The molecule has 3 aromatic heterocycles. The van der Waals surface area contributed by atoms with Crippen LogP contribution in [0.4, 0.5) is 0 Å². The van der Waals surface area contributed by atoms with E-state index in [2.05, 4.69) is 4.98 Å². The average molecular weight is 270 g/mol. The summed E-state index contributed by atoms with van der Waals surface area (Å²) in [5.74, 6) is 0. The Labute approximate surface area is 102 Å². The Kier molecular flexibility index (Phi) is 2.14. The summed E-state index contributed by atoms with van der Waals surface area (Å²) < 4.78 is 0.416. The third kappa shape index (κ3) is 1.25. The lowest BCUT2D eigenvalue weighted by molar-refractivity contribution is 1.37. The molecule has 3 heterocycles. The quantitative estimate of drug-likeness (QED) is 0.682. The predicted molar refractivity (Wildman–Crippen MR) is 69.1 cm³/mol. The Balaban J connectivity index is 2.82. The van der Waals surface area contributed by atoms with Gasteiger partial charge in [-0.1, -0.05) is 11.6 Å². The topological polar surface area (TPSA) is 49.9 Å². The number of fused-ring (bicyclic) bond motifs is 2. The van der Waals surface area contributed by atoms with Crippen LogP contribution in [-0.2, 0) is 0 Å². The lowest BCUT2D eigenvalue weighted by Crippen LogP contribution is -2.00. The highest BCUT2D eigenvalue weighted by Gasteiger charge is 2.10. The smallest absolute Gasteiger partial charge is 0.257 e. The van der Waals surface area contributed by atoms with E-state index in [1.807, 2.05) is 0 Å². The van der Waals surface area contributed by atoms with Gasteiger partial charge in [-0.05, 0) is 0 Å². The van der Waals surface area contributed by atoms with Crippen molar-refractivity contribution < 1.29 is 0 Å². The molecule has 0 saturated carbocycles. The van der Waals surface area contributed by atoms with Crippen LogP contribution in [0.25, 0.3) is 21.7 Å². The highest BCUT2D eigenvalue weighted by atomic mass is 35.5. The zero-order valence-electron chi connectivity index (χ0n) is 7.74. The van der Waals surface area contributed by atoms with Gasteiger partial charge < -0.3 is 4.98 Å². The number of halogens is 1. The second-order valence-electron chi connectivity index (χ2n) is 3.28. The van der Waals surface area contributed by atoms with Gasteiger partial charge in [-0.2, -0.15) is 11.3 Å². The monoisotopic (exact) mass is 269 g/mol. The zero-order valence-corrected chi connectivity index (χ0v) is 10.1. The molecule has 80 valence electrons. The first-order valence-electron chi connectivity index (χ1n) is 4.37. The molecule has 0 aliphatic carbocycles. The van der Waals surface area contributed by atoms with Crippen LogP contribution in [0.5, 0.6) is 0 Å². The van der Waals surface area contributed by atoms with Crippen molar-refractivity contribution in [2.45, 2.75) is 0 Å². The van der Waals surface area contributed by atoms with E-state index in [1.165, 1.54) is 22.7 Å². The first-order valence-corrected chi connectivity index (χ1v) is 6.57. The van der Waals surface area contributed by atoms with Gasteiger partial charge in [0.1, 0.15) is 4.34 Å². The van der Waals surface area contributed by atoms with Gasteiger partial charge in [0.2, 0.25) is 0 Å². The van der Waals surface area contributed by atoms with Crippen LogP contribution in [0.3, 0.4) is 0 Å². The fourth-order valence-electron chi connectivity index (χ4n) is 1.61. The number of aromatic amines is 1. The maximum atomic E-state index is 12.2. The molecule has 0 aliphatic heterocycles. The van der Waals surface area contributed by atoms with E-state index in [-0.39, 0.29) is 11.0 Å².